The zero-order valence-corrected chi connectivity index (χ0v) is 11.0. The molecule has 3 N–H and O–H groups in total. The summed E-state index contributed by atoms with van der Waals surface area (Å²) in [4.78, 5) is 27.0. The highest BCUT2D eigenvalue weighted by molar-refractivity contribution is 8.00. The number of carbonyl (C=O) groups excluding carboxylic acids is 1. The van der Waals surface area contributed by atoms with Gasteiger partial charge in [-0.05, 0) is 17.7 Å². The average Bonchev–Trinajstić information content (AvgIpc) is 2.93. The van der Waals surface area contributed by atoms with Crippen molar-refractivity contribution in [2.45, 2.75) is 17.8 Å². The van der Waals surface area contributed by atoms with Crippen molar-refractivity contribution in [3.8, 4) is 0 Å². The molecule has 0 radical (unpaired) electrons. The Morgan fingerprint density at radius 1 is 1.53 bits per heavy atom. The van der Waals surface area contributed by atoms with E-state index in [0.29, 0.717) is 0 Å². The largest absolute Gasteiger partial charge is 0.480 e. The van der Waals surface area contributed by atoms with Crippen LogP contribution in [-0.2, 0) is 16.0 Å². The number of hydrogen-bond acceptors (Lipinski definition) is 5. The molecule has 2 atom stereocenters. The van der Waals surface area contributed by atoms with Crippen molar-refractivity contribution in [3.63, 3.8) is 0 Å². The number of aliphatic carboxylic acids is 1. The van der Waals surface area contributed by atoms with Gasteiger partial charge >= 0.3 is 5.97 Å². The van der Waals surface area contributed by atoms with Gasteiger partial charge in [0.2, 0.25) is 5.91 Å². The number of thioether (sulfide) groups is 1. The Morgan fingerprint density at radius 2 is 2.26 bits per heavy atom. The van der Waals surface area contributed by atoms with Gasteiger partial charge in [-0.2, -0.15) is 0 Å². The number of hydrogen-bond donors (Lipinski definition) is 3. The van der Waals surface area contributed by atoms with Gasteiger partial charge in [-0.15, -0.1) is 11.8 Å². The zero-order chi connectivity index (χ0) is 13.7. The minimum Gasteiger partial charge on any atom is -0.480 e. The maximum Gasteiger partial charge on any atom is 0.326 e. The summed E-state index contributed by atoms with van der Waals surface area (Å²) in [6.45, 7) is 0.769. The van der Waals surface area contributed by atoms with Crippen LogP contribution in [0.4, 0.5) is 0 Å². The van der Waals surface area contributed by atoms with Crippen LogP contribution >= 0.6 is 11.8 Å². The number of carboxylic acids is 1. The quantitative estimate of drug-likeness (QED) is 0.695. The molecule has 2 heterocycles. The summed E-state index contributed by atoms with van der Waals surface area (Å²) in [6, 6.07) is 2.56. The van der Waals surface area contributed by atoms with Crippen LogP contribution in [-0.4, -0.2) is 45.7 Å². The molecule has 1 fully saturated rings. The third-order valence-electron chi connectivity index (χ3n) is 2.76. The van der Waals surface area contributed by atoms with E-state index in [-0.39, 0.29) is 17.7 Å². The molecule has 0 bridgehead atoms. The normalized spacial score (nSPS) is 19.9. The Morgan fingerprint density at radius 3 is 2.84 bits per heavy atom. The lowest BCUT2D eigenvalue weighted by Crippen LogP contribution is -2.48. The molecular weight excluding hydrogens is 266 g/mol. The van der Waals surface area contributed by atoms with E-state index in [0.717, 1.165) is 17.9 Å². The molecule has 0 unspecified atom stereocenters. The molecule has 0 spiro atoms. The van der Waals surface area contributed by atoms with Gasteiger partial charge in [0.15, 0.2) is 0 Å². The number of amides is 1. The van der Waals surface area contributed by atoms with Crippen molar-refractivity contribution in [1.82, 2.24) is 15.6 Å². The highest BCUT2D eigenvalue weighted by Gasteiger charge is 2.27. The Labute approximate surface area is 115 Å². The maximum absolute atomic E-state index is 11.9. The van der Waals surface area contributed by atoms with Crippen LogP contribution in [0.1, 0.15) is 5.56 Å². The van der Waals surface area contributed by atoms with Gasteiger partial charge in [0.25, 0.3) is 0 Å². The fourth-order valence-electron chi connectivity index (χ4n) is 1.80. The lowest BCUT2D eigenvalue weighted by molar-refractivity contribution is -0.141. The summed E-state index contributed by atoms with van der Waals surface area (Å²) in [7, 11) is 0. The first-order chi connectivity index (χ1) is 9.16. The number of rotatable bonds is 5. The molecule has 1 aliphatic rings. The van der Waals surface area contributed by atoms with Crippen molar-refractivity contribution in [3.05, 3.63) is 30.1 Å². The minimum atomic E-state index is -1.03. The summed E-state index contributed by atoms with van der Waals surface area (Å²) < 4.78 is 0. The fraction of sp³-hybridized carbons (Fsp3) is 0.417. The number of carbonyl (C=O) groups is 2. The van der Waals surface area contributed by atoms with E-state index in [1.54, 1.807) is 24.5 Å². The van der Waals surface area contributed by atoms with Gasteiger partial charge in [-0.1, -0.05) is 0 Å². The predicted octanol–water partition coefficient (Wildman–Crippen LogP) is -0.144. The van der Waals surface area contributed by atoms with E-state index in [9.17, 15) is 9.59 Å². The summed E-state index contributed by atoms with van der Waals surface area (Å²) in [6.07, 6.45) is 3.45. The van der Waals surface area contributed by atoms with Crippen LogP contribution in [0.15, 0.2) is 24.5 Å². The summed E-state index contributed by atoms with van der Waals surface area (Å²) >= 11 is 1.48. The Kier molecular flexibility index (Phi) is 4.75. The number of nitrogens with zero attached hydrogens (tertiary/aromatic N) is 1. The van der Waals surface area contributed by atoms with Crippen molar-refractivity contribution in [2.24, 2.45) is 0 Å². The first kappa shape index (κ1) is 13.8. The SMILES string of the molecule is O=C(O)[C@H](Cc1ccncc1)NC(=O)[C@H]1NCCS1. The van der Waals surface area contributed by atoms with Gasteiger partial charge in [-0.25, -0.2) is 4.79 Å². The van der Waals surface area contributed by atoms with Crippen LogP contribution in [0.2, 0.25) is 0 Å². The standard InChI is InChI=1S/C12H15N3O3S/c16-10(11-14-5-6-19-11)15-9(12(17)18)7-8-1-3-13-4-2-8/h1-4,9,11,14H,5-7H2,(H,15,16)(H,17,18)/t9-,11-/m0/s1. The highest BCUT2D eigenvalue weighted by atomic mass is 32.2. The molecule has 19 heavy (non-hydrogen) atoms. The summed E-state index contributed by atoms with van der Waals surface area (Å²) in [5.74, 6) is -0.447. The van der Waals surface area contributed by atoms with Crippen molar-refractivity contribution >= 4 is 23.6 Å². The Hall–Kier alpha value is -1.60. The minimum absolute atomic E-state index is 0.251. The number of nitrogens with one attached hydrogen (secondary N) is 2. The second-order valence-corrected chi connectivity index (χ2v) is 5.38. The molecule has 102 valence electrons. The number of aromatic nitrogens is 1. The van der Waals surface area contributed by atoms with E-state index < -0.39 is 12.0 Å². The summed E-state index contributed by atoms with van der Waals surface area (Å²) in [5, 5.41) is 14.4. The number of carboxylic acid groups (broad SMARTS) is 1. The van der Waals surface area contributed by atoms with Crippen molar-refractivity contribution in [1.29, 1.82) is 0 Å². The molecule has 1 saturated heterocycles. The smallest absolute Gasteiger partial charge is 0.326 e. The molecule has 0 aromatic carbocycles. The summed E-state index contributed by atoms with van der Waals surface area (Å²) in [5.41, 5.74) is 0.828. The highest BCUT2D eigenvalue weighted by Crippen LogP contribution is 2.14. The molecule has 1 amide bonds. The lowest BCUT2D eigenvalue weighted by Gasteiger charge is -2.17. The number of pyridine rings is 1. The van der Waals surface area contributed by atoms with Gasteiger partial charge in [0, 0.05) is 31.1 Å². The van der Waals surface area contributed by atoms with Gasteiger partial charge < -0.3 is 10.4 Å². The van der Waals surface area contributed by atoms with Gasteiger partial charge in [0.05, 0.1) is 0 Å². The van der Waals surface area contributed by atoms with E-state index in [1.807, 2.05) is 0 Å². The maximum atomic E-state index is 11.9. The van der Waals surface area contributed by atoms with Crippen LogP contribution < -0.4 is 10.6 Å². The van der Waals surface area contributed by atoms with E-state index in [2.05, 4.69) is 15.6 Å². The first-order valence-corrected chi connectivity index (χ1v) is 6.99. The molecule has 0 saturated carbocycles. The fourth-order valence-corrected chi connectivity index (χ4v) is 2.72. The van der Waals surface area contributed by atoms with Crippen molar-refractivity contribution in [2.75, 3.05) is 12.3 Å². The monoisotopic (exact) mass is 281 g/mol. The molecule has 1 aromatic rings. The average molecular weight is 281 g/mol. The van der Waals surface area contributed by atoms with E-state index >= 15 is 0 Å². The van der Waals surface area contributed by atoms with Gasteiger partial charge in [-0.3, -0.25) is 15.1 Å². The molecule has 1 aromatic heterocycles. The Balaban J connectivity index is 1.96. The van der Waals surface area contributed by atoms with Gasteiger partial charge in [0.1, 0.15) is 11.4 Å². The second-order valence-electron chi connectivity index (χ2n) is 4.16. The molecule has 6 nitrogen and oxygen atoms in total. The van der Waals surface area contributed by atoms with Crippen LogP contribution in [0.3, 0.4) is 0 Å². The predicted molar refractivity (Wildman–Crippen MR) is 71.8 cm³/mol. The van der Waals surface area contributed by atoms with Crippen molar-refractivity contribution < 1.29 is 14.7 Å². The molecular formula is C12H15N3O3S. The zero-order valence-electron chi connectivity index (χ0n) is 10.2. The van der Waals surface area contributed by atoms with E-state index in [4.69, 9.17) is 5.11 Å². The molecule has 1 aliphatic heterocycles. The topological polar surface area (TPSA) is 91.3 Å². The molecule has 7 heteroatoms. The lowest BCUT2D eigenvalue weighted by atomic mass is 10.1. The van der Waals surface area contributed by atoms with E-state index in [1.165, 1.54) is 11.8 Å². The third-order valence-corrected chi connectivity index (χ3v) is 3.91. The van der Waals surface area contributed by atoms with Crippen LogP contribution in [0, 0.1) is 0 Å². The first-order valence-electron chi connectivity index (χ1n) is 5.94. The second kappa shape index (κ2) is 6.53. The molecule has 0 aliphatic carbocycles. The Bertz CT molecular complexity index is 449. The van der Waals surface area contributed by atoms with Crippen LogP contribution in [0.5, 0.6) is 0 Å². The van der Waals surface area contributed by atoms with Crippen LogP contribution in [0.25, 0.3) is 0 Å². The molecule has 2 rings (SSSR count). The third kappa shape index (κ3) is 3.93.